The average Bonchev–Trinajstić information content (AvgIpc) is 3.20. The summed E-state index contributed by atoms with van der Waals surface area (Å²) in [4.78, 5) is 6.76. The number of nitrogens with one attached hydrogen (secondary N) is 1. The molecule has 1 N–H and O–H groups in total. The monoisotopic (exact) mass is 462 g/mol. The molecule has 1 unspecified atom stereocenters. The van der Waals surface area contributed by atoms with E-state index in [1.807, 2.05) is 0 Å². The zero-order chi connectivity index (χ0) is 23.9. The average molecular weight is 463 g/mol. The lowest BCUT2D eigenvalue weighted by Crippen LogP contribution is -2.49. The van der Waals surface area contributed by atoms with E-state index in [0.29, 0.717) is 6.61 Å². The highest BCUT2D eigenvalue weighted by molar-refractivity contribution is 5.70. The fourth-order valence-corrected chi connectivity index (χ4v) is 5.31. The predicted octanol–water partition coefficient (Wildman–Crippen LogP) is 8.12. The molecule has 178 valence electrons. The molecule has 0 radical (unpaired) electrons. The molecule has 1 aliphatic rings. The summed E-state index contributed by atoms with van der Waals surface area (Å²) in [6.07, 6.45) is 4.68. The number of hydrogen-bond acceptors (Lipinski definition) is 3. The lowest BCUT2D eigenvalue weighted by Gasteiger charge is -2.44. The van der Waals surface area contributed by atoms with Crippen molar-refractivity contribution >= 4 is 11.4 Å². The molecule has 3 nitrogen and oxygen atoms in total. The molecule has 1 aliphatic heterocycles. The number of fused-ring (bicyclic) bond motifs is 1. The molecule has 0 fully saturated rings. The Morgan fingerprint density at radius 2 is 1.26 bits per heavy atom. The van der Waals surface area contributed by atoms with Crippen molar-refractivity contribution in [2.75, 3.05) is 17.0 Å². The van der Waals surface area contributed by atoms with Gasteiger partial charge in [-0.15, -0.1) is 0 Å². The maximum Gasteiger partial charge on any atom is 0.141 e. The number of nitrogens with zero attached hydrogens (tertiary/aromatic N) is 1. The molecule has 4 aromatic carbocycles. The first-order valence-electron chi connectivity index (χ1n) is 12.8. The van der Waals surface area contributed by atoms with E-state index in [0.717, 1.165) is 17.8 Å². The molecule has 0 saturated carbocycles. The van der Waals surface area contributed by atoms with Gasteiger partial charge in [0, 0.05) is 11.3 Å². The summed E-state index contributed by atoms with van der Waals surface area (Å²) >= 11 is 0. The number of rotatable bonds is 10. The first kappa shape index (κ1) is 23.2. The van der Waals surface area contributed by atoms with E-state index in [1.165, 1.54) is 36.0 Å². The lowest BCUT2D eigenvalue weighted by molar-refractivity contribution is 0.0605. The summed E-state index contributed by atoms with van der Waals surface area (Å²) in [6.45, 7) is 2.93. The van der Waals surface area contributed by atoms with Gasteiger partial charge in [-0.25, -0.2) is 5.06 Å². The van der Waals surface area contributed by atoms with Gasteiger partial charge < -0.3 is 5.32 Å². The predicted molar refractivity (Wildman–Crippen MR) is 145 cm³/mol. The number of hydroxylamine groups is 1. The Hall–Kier alpha value is -3.56. The molecule has 0 spiro atoms. The highest BCUT2D eigenvalue weighted by atomic mass is 16.7. The zero-order valence-corrected chi connectivity index (χ0v) is 20.4. The van der Waals surface area contributed by atoms with Gasteiger partial charge in [0.25, 0.3) is 0 Å². The minimum Gasteiger partial charge on any atom is -0.375 e. The molecule has 0 aromatic heterocycles. The quantitative estimate of drug-likeness (QED) is 0.241. The van der Waals surface area contributed by atoms with Crippen LogP contribution in [0.2, 0.25) is 0 Å². The summed E-state index contributed by atoms with van der Waals surface area (Å²) in [6, 6.07) is 40.7. The van der Waals surface area contributed by atoms with Gasteiger partial charge in [0.05, 0.1) is 18.3 Å². The van der Waals surface area contributed by atoms with Crippen LogP contribution >= 0.6 is 0 Å². The fourth-order valence-electron chi connectivity index (χ4n) is 5.31. The Kier molecular flexibility index (Phi) is 7.15. The van der Waals surface area contributed by atoms with Crippen LogP contribution in [0.4, 0.5) is 11.4 Å². The van der Waals surface area contributed by atoms with Crippen molar-refractivity contribution < 1.29 is 4.84 Å². The second kappa shape index (κ2) is 10.8. The van der Waals surface area contributed by atoms with E-state index in [9.17, 15) is 0 Å². The van der Waals surface area contributed by atoms with Gasteiger partial charge in [-0.3, -0.25) is 4.84 Å². The third kappa shape index (κ3) is 4.44. The van der Waals surface area contributed by atoms with Crippen molar-refractivity contribution in [2.24, 2.45) is 0 Å². The van der Waals surface area contributed by atoms with E-state index in [2.05, 4.69) is 133 Å². The molecule has 0 bridgehead atoms. The van der Waals surface area contributed by atoms with Crippen molar-refractivity contribution in [2.45, 2.75) is 44.2 Å². The first-order chi connectivity index (χ1) is 17.4. The highest BCUT2D eigenvalue weighted by Crippen LogP contribution is 2.56. The van der Waals surface area contributed by atoms with Crippen molar-refractivity contribution in [3.63, 3.8) is 0 Å². The second-order valence-electron chi connectivity index (χ2n) is 9.19. The van der Waals surface area contributed by atoms with E-state index < -0.39 is 5.54 Å². The maximum atomic E-state index is 6.76. The zero-order valence-electron chi connectivity index (χ0n) is 20.4. The van der Waals surface area contributed by atoms with E-state index in [4.69, 9.17) is 4.84 Å². The van der Waals surface area contributed by atoms with Gasteiger partial charge in [-0.1, -0.05) is 123 Å². The molecule has 35 heavy (non-hydrogen) atoms. The Morgan fingerprint density at radius 1 is 0.686 bits per heavy atom. The molecular weight excluding hydrogens is 428 g/mol. The Balaban J connectivity index is 1.69. The van der Waals surface area contributed by atoms with Gasteiger partial charge in [-0.05, 0) is 35.7 Å². The number of hydrogen-bond donors (Lipinski definition) is 1. The molecule has 0 amide bonds. The number of benzene rings is 4. The van der Waals surface area contributed by atoms with E-state index in [-0.39, 0.29) is 6.04 Å². The van der Waals surface area contributed by atoms with Crippen molar-refractivity contribution in [3.05, 3.63) is 132 Å². The number of anilines is 2. The van der Waals surface area contributed by atoms with Crippen molar-refractivity contribution in [3.8, 4) is 0 Å². The van der Waals surface area contributed by atoms with Gasteiger partial charge in [0.1, 0.15) is 5.54 Å². The van der Waals surface area contributed by atoms with Crippen LogP contribution in [0.15, 0.2) is 115 Å². The van der Waals surface area contributed by atoms with E-state index in [1.54, 1.807) is 0 Å². The minimum absolute atomic E-state index is 0.0541. The van der Waals surface area contributed by atoms with Crippen molar-refractivity contribution in [1.29, 1.82) is 0 Å². The van der Waals surface area contributed by atoms with Crippen LogP contribution in [0, 0.1) is 0 Å². The molecule has 1 heterocycles. The molecule has 4 aromatic rings. The SMILES string of the molecule is CCCCCCON1c2ccccc2C(Nc2ccccc2)C1(c1ccccc1)c1ccccc1. The van der Waals surface area contributed by atoms with Crippen LogP contribution in [0.25, 0.3) is 0 Å². The molecule has 0 saturated heterocycles. The highest BCUT2D eigenvalue weighted by Gasteiger charge is 2.55. The van der Waals surface area contributed by atoms with Crippen LogP contribution in [0.1, 0.15) is 55.3 Å². The second-order valence-corrected chi connectivity index (χ2v) is 9.19. The Bertz CT molecular complexity index is 1150. The number of para-hydroxylation sites is 2. The molecule has 3 heteroatoms. The Labute approximate surface area is 209 Å². The smallest absolute Gasteiger partial charge is 0.141 e. The number of unbranched alkanes of at least 4 members (excludes halogenated alkanes) is 3. The third-order valence-electron chi connectivity index (χ3n) is 6.94. The molecular formula is C32H34N2O. The largest absolute Gasteiger partial charge is 0.375 e. The molecule has 1 atom stereocenters. The molecule has 0 aliphatic carbocycles. The maximum absolute atomic E-state index is 6.76. The van der Waals surface area contributed by atoms with Gasteiger partial charge in [-0.2, -0.15) is 0 Å². The van der Waals surface area contributed by atoms with Crippen LogP contribution in [-0.4, -0.2) is 6.61 Å². The van der Waals surface area contributed by atoms with E-state index >= 15 is 0 Å². The summed E-state index contributed by atoms with van der Waals surface area (Å²) in [5.74, 6) is 0. The third-order valence-corrected chi connectivity index (χ3v) is 6.94. The van der Waals surface area contributed by atoms with Crippen LogP contribution in [0.3, 0.4) is 0 Å². The standard InChI is InChI=1S/C32H34N2O/c1-2-3-4-16-25-35-34-30-24-15-14-23-29(30)31(33-28-21-12-7-13-22-28)32(34,26-17-8-5-9-18-26)27-19-10-6-11-20-27/h5-15,17-24,31,33H,2-4,16,25H2,1H3. The molecule has 5 rings (SSSR count). The van der Waals surface area contributed by atoms with Gasteiger partial charge in [0.2, 0.25) is 0 Å². The normalized spacial score (nSPS) is 16.1. The summed E-state index contributed by atoms with van der Waals surface area (Å²) in [5.41, 5.74) is 5.26. The fraction of sp³-hybridized carbons (Fsp3) is 0.250. The summed E-state index contributed by atoms with van der Waals surface area (Å²) < 4.78 is 0. The minimum atomic E-state index is -0.577. The topological polar surface area (TPSA) is 24.5 Å². The van der Waals surface area contributed by atoms with Gasteiger partial charge >= 0.3 is 0 Å². The summed E-state index contributed by atoms with van der Waals surface area (Å²) in [5, 5.41) is 6.10. The van der Waals surface area contributed by atoms with Crippen LogP contribution in [-0.2, 0) is 10.4 Å². The summed E-state index contributed by atoms with van der Waals surface area (Å²) in [7, 11) is 0. The van der Waals surface area contributed by atoms with Crippen LogP contribution < -0.4 is 10.4 Å². The first-order valence-corrected chi connectivity index (χ1v) is 12.8. The van der Waals surface area contributed by atoms with Gasteiger partial charge in [0.15, 0.2) is 0 Å². The lowest BCUT2D eigenvalue weighted by atomic mass is 9.76. The van der Waals surface area contributed by atoms with Crippen molar-refractivity contribution in [1.82, 2.24) is 0 Å². The van der Waals surface area contributed by atoms with Crippen LogP contribution in [0.5, 0.6) is 0 Å². The Morgan fingerprint density at radius 3 is 1.89 bits per heavy atom.